The van der Waals surface area contributed by atoms with Gasteiger partial charge in [0.05, 0.1) is 21.3 Å². The van der Waals surface area contributed by atoms with Gasteiger partial charge in [-0.2, -0.15) is 0 Å². The third kappa shape index (κ3) is 2.78. The van der Waals surface area contributed by atoms with E-state index in [1.54, 1.807) is 21.3 Å². The highest BCUT2D eigenvalue weighted by molar-refractivity contribution is 5.54. The summed E-state index contributed by atoms with van der Waals surface area (Å²) in [5.41, 5.74) is 7.44. The maximum atomic E-state index is 6.39. The fourth-order valence-corrected chi connectivity index (χ4v) is 2.88. The fraction of sp³-hybridized carbons (Fsp3) is 0.600. The maximum Gasteiger partial charge on any atom is 0.203 e. The molecule has 0 heterocycles. The molecule has 1 saturated carbocycles. The molecule has 0 bridgehead atoms. The molecule has 2 rings (SSSR count). The van der Waals surface area contributed by atoms with E-state index in [9.17, 15) is 0 Å². The van der Waals surface area contributed by atoms with Gasteiger partial charge in [-0.25, -0.2) is 0 Å². The highest BCUT2D eigenvalue weighted by Gasteiger charge is 2.25. The Balaban J connectivity index is 2.34. The number of hydrogen-bond acceptors (Lipinski definition) is 4. The van der Waals surface area contributed by atoms with Crippen LogP contribution in [0.5, 0.6) is 17.2 Å². The molecule has 0 aromatic heterocycles. The molecular weight excluding hydrogens is 242 g/mol. The van der Waals surface area contributed by atoms with Gasteiger partial charge in [0, 0.05) is 6.04 Å². The minimum atomic E-state index is 0.0382. The Morgan fingerprint density at radius 1 is 1.00 bits per heavy atom. The molecular formula is C15H23NO3. The number of benzene rings is 1. The summed E-state index contributed by atoms with van der Waals surface area (Å²) in [7, 11) is 4.86. The van der Waals surface area contributed by atoms with Crippen LogP contribution in [0.25, 0.3) is 0 Å². The first-order valence-electron chi connectivity index (χ1n) is 6.76. The fourth-order valence-electron chi connectivity index (χ4n) is 2.88. The van der Waals surface area contributed by atoms with Crippen LogP contribution in [-0.4, -0.2) is 21.3 Å². The van der Waals surface area contributed by atoms with Gasteiger partial charge in [-0.1, -0.05) is 12.8 Å². The lowest BCUT2D eigenvalue weighted by molar-refractivity contribution is 0.322. The molecule has 1 unspecified atom stereocenters. The van der Waals surface area contributed by atoms with Crippen LogP contribution in [0.4, 0.5) is 0 Å². The summed E-state index contributed by atoms with van der Waals surface area (Å²) < 4.78 is 16.1. The van der Waals surface area contributed by atoms with E-state index in [4.69, 9.17) is 19.9 Å². The molecule has 1 aromatic carbocycles. The Bertz CT molecular complexity index is 402. The summed E-state index contributed by atoms with van der Waals surface area (Å²) in [6.45, 7) is 0. The Morgan fingerprint density at radius 3 is 1.95 bits per heavy atom. The standard InChI is InChI=1S/C15H23NO3/c1-17-12-8-11(9-13(18-2)15(12)19-3)14(16)10-6-4-5-7-10/h8-10,14H,4-7,16H2,1-3H3. The zero-order valence-electron chi connectivity index (χ0n) is 11.9. The molecule has 4 nitrogen and oxygen atoms in total. The minimum absolute atomic E-state index is 0.0382. The van der Waals surface area contributed by atoms with E-state index in [1.165, 1.54) is 25.7 Å². The molecule has 1 atom stereocenters. The lowest BCUT2D eigenvalue weighted by Gasteiger charge is -2.21. The van der Waals surface area contributed by atoms with Gasteiger partial charge in [-0.3, -0.25) is 0 Å². The van der Waals surface area contributed by atoms with Crippen LogP contribution in [0.1, 0.15) is 37.3 Å². The van der Waals surface area contributed by atoms with Gasteiger partial charge in [0.25, 0.3) is 0 Å². The first-order chi connectivity index (χ1) is 9.21. The van der Waals surface area contributed by atoms with Gasteiger partial charge in [0.15, 0.2) is 11.5 Å². The van der Waals surface area contributed by atoms with Crippen molar-refractivity contribution in [3.8, 4) is 17.2 Å². The Hall–Kier alpha value is -1.42. The molecule has 0 aliphatic heterocycles. The molecule has 1 aliphatic rings. The van der Waals surface area contributed by atoms with E-state index in [2.05, 4.69) is 0 Å². The zero-order valence-corrected chi connectivity index (χ0v) is 11.9. The largest absolute Gasteiger partial charge is 0.493 e. The SMILES string of the molecule is COc1cc(C(N)C2CCCC2)cc(OC)c1OC. The second kappa shape index (κ2) is 6.15. The van der Waals surface area contributed by atoms with Crippen LogP contribution in [0, 0.1) is 5.92 Å². The molecule has 2 N–H and O–H groups in total. The van der Waals surface area contributed by atoms with Gasteiger partial charge >= 0.3 is 0 Å². The van der Waals surface area contributed by atoms with Crippen LogP contribution in [-0.2, 0) is 0 Å². The normalized spacial score (nSPS) is 17.3. The van der Waals surface area contributed by atoms with Crippen molar-refractivity contribution in [3.05, 3.63) is 17.7 Å². The number of rotatable bonds is 5. The average Bonchev–Trinajstić information content (AvgIpc) is 2.98. The van der Waals surface area contributed by atoms with Crippen LogP contribution in [0.15, 0.2) is 12.1 Å². The molecule has 0 saturated heterocycles. The number of ether oxygens (including phenoxy) is 3. The van der Waals surface area contributed by atoms with E-state index in [0.29, 0.717) is 23.2 Å². The average molecular weight is 265 g/mol. The lowest BCUT2D eigenvalue weighted by atomic mass is 9.92. The summed E-state index contributed by atoms with van der Waals surface area (Å²) in [6, 6.07) is 3.96. The second-order valence-corrected chi connectivity index (χ2v) is 5.03. The second-order valence-electron chi connectivity index (χ2n) is 5.03. The predicted octanol–water partition coefficient (Wildman–Crippen LogP) is 2.90. The van der Waals surface area contributed by atoms with E-state index in [0.717, 1.165) is 5.56 Å². The van der Waals surface area contributed by atoms with Crippen LogP contribution in [0.2, 0.25) is 0 Å². The van der Waals surface area contributed by atoms with Crippen LogP contribution in [0.3, 0.4) is 0 Å². The van der Waals surface area contributed by atoms with Crippen molar-refractivity contribution in [2.75, 3.05) is 21.3 Å². The van der Waals surface area contributed by atoms with Crippen LogP contribution >= 0.6 is 0 Å². The first kappa shape index (κ1) is 14.0. The molecule has 1 aromatic rings. The van der Waals surface area contributed by atoms with E-state index < -0.39 is 0 Å². The summed E-state index contributed by atoms with van der Waals surface area (Å²) in [5.74, 6) is 2.52. The summed E-state index contributed by atoms with van der Waals surface area (Å²) in [6.07, 6.45) is 4.97. The predicted molar refractivity (Wildman–Crippen MR) is 75.0 cm³/mol. The molecule has 4 heteroatoms. The van der Waals surface area contributed by atoms with Crippen molar-refractivity contribution in [3.63, 3.8) is 0 Å². The molecule has 19 heavy (non-hydrogen) atoms. The van der Waals surface area contributed by atoms with Gasteiger partial charge in [-0.05, 0) is 36.5 Å². The van der Waals surface area contributed by atoms with E-state index in [1.807, 2.05) is 12.1 Å². The molecule has 0 spiro atoms. The number of hydrogen-bond donors (Lipinski definition) is 1. The molecule has 1 aliphatic carbocycles. The maximum absolute atomic E-state index is 6.39. The lowest BCUT2D eigenvalue weighted by Crippen LogP contribution is -2.19. The smallest absolute Gasteiger partial charge is 0.203 e. The minimum Gasteiger partial charge on any atom is -0.493 e. The first-order valence-corrected chi connectivity index (χ1v) is 6.76. The Kier molecular flexibility index (Phi) is 4.53. The molecule has 1 fully saturated rings. The highest BCUT2D eigenvalue weighted by Crippen LogP contribution is 2.42. The monoisotopic (exact) mass is 265 g/mol. The summed E-state index contributed by atoms with van der Waals surface area (Å²) in [5, 5.41) is 0. The summed E-state index contributed by atoms with van der Waals surface area (Å²) in [4.78, 5) is 0. The molecule has 106 valence electrons. The third-order valence-corrected chi connectivity index (χ3v) is 3.98. The van der Waals surface area contributed by atoms with Gasteiger partial charge in [0.1, 0.15) is 0 Å². The summed E-state index contributed by atoms with van der Waals surface area (Å²) >= 11 is 0. The van der Waals surface area contributed by atoms with Crippen molar-refractivity contribution in [1.82, 2.24) is 0 Å². The topological polar surface area (TPSA) is 53.7 Å². The van der Waals surface area contributed by atoms with E-state index in [-0.39, 0.29) is 6.04 Å². The quantitative estimate of drug-likeness (QED) is 0.889. The van der Waals surface area contributed by atoms with Gasteiger partial charge in [0.2, 0.25) is 5.75 Å². The van der Waals surface area contributed by atoms with Crippen molar-refractivity contribution in [1.29, 1.82) is 0 Å². The third-order valence-electron chi connectivity index (χ3n) is 3.98. The van der Waals surface area contributed by atoms with Gasteiger partial charge in [-0.15, -0.1) is 0 Å². The number of nitrogens with two attached hydrogens (primary N) is 1. The van der Waals surface area contributed by atoms with Gasteiger partial charge < -0.3 is 19.9 Å². The number of methoxy groups -OCH3 is 3. The van der Waals surface area contributed by atoms with Crippen molar-refractivity contribution in [2.24, 2.45) is 11.7 Å². The van der Waals surface area contributed by atoms with Crippen molar-refractivity contribution in [2.45, 2.75) is 31.7 Å². The molecule has 0 radical (unpaired) electrons. The Morgan fingerprint density at radius 2 is 1.53 bits per heavy atom. The molecule has 0 amide bonds. The van der Waals surface area contributed by atoms with Crippen LogP contribution < -0.4 is 19.9 Å². The van der Waals surface area contributed by atoms with Crippen molar-refractivity contribution < 1.29 is 14.2 Å². The Labute approximate surface area is 114 Å². The zero-order chi connectivity index (χ0) is 13.8. The van der Waals surface area contributed by atoms with E-state index >= 15 is 0 Å². The van der Waals surface area contributed by atoms with Crippen molar-refractivity contribution >= 4 is 0 Å². The highest BCUT2D eigenvalue weighted by atomic mass is 16.5.